The highest BCUT2D eigenvalue weighted by molar-refractivity contribution is 5.70. The molecule has 1 aliphatic rings. The highest BCUT2D eigenvalue weighted by Crippen LogP contribution is 2.34. The number of ether oxygens (including phenoxy) is 2. The molecule has 2 rings (SSSR count). The van der Waals surface area contributed by atoms with Crippen molar-refractivity contribution in [3.63, 3.8) is 0 Å². The molecule has 126 valence electrons. The maximum atomic E-state index is 11.9. The fourth-order valence-corrected chi connectivity index (χ4v) is 2.03. The van der Waals surface area contributed by atoms with Crippen molar-refractivity contribution < 1.29 is 19.1 Å². The number of carbonyl (C=O) groups is 2. The summed E-state index contributed by atoms with van der Waals surface area (Å²) in [7, 11) is 0. The molecule has 2 N–H and O–H groups in total. The van der Waals surface area contributed by atoms with Gasteiger partial charge < -0.3 is 20.1 Å². The molecule has 0 aliphatic heterocycles. The topological polar surface area (TPSA) is 76.7 Å². The van der Waals surface area contributed by atoms with Crippen LogP contribution in [0.2, 0.25) is 0 Å². The largest absolute Gasteiger partial charge is 0.445 e. The Morgan fingerprint density at radius 1 is 1.13 bits per heavy atom. The molecule has 6 nitrogen and oxygen atoms in total. The van der Waals surface area contributed by atoms with Crippen molar-refractivity contribution in [2.75, 3.05) is 6.54 Å². The van der Waals surface area contributed by atoms with Crippen molar-refractivity contribution >= 4 is 12.2 Å². The minimum Gasteiger partial charge on any atom is -0.445 e. The lowest BCUT2D eigenvalue weighted by molar-refractivity contribution is 0.0518. The molecule has 0 radical (unpaired) electrons. The smallest absolute Gasteiger partial charge is 0.407 e. The molecule has 1 aromatic rings. The van der Waals surface area contributed by atoms with Crippen LogP contribution < -0.4 is 10.6 Å². The van der Waals surface area contributed by atoms with Gasteiger partial charge in [0.1, 0.15) is 12.2 Å². The van der Waals surface area contributed by atoms with E-state index in [2.05, 4.69) is 10.6 Å². The van der Waals surface area contributed by atoms with E-state index in [1.807, 2.05) is 30.3 Å². The van der Waals surface area contributed by atoms with E-state index >= 15 is 0 Å². The molecule has 0 atom stereocenters. The summed E-state index contributed by atoms with van der Waals surface area (Å²) in [6.45, 7) is 5.97. The fraction of sp³-hybridized carbons (Fsp3) is 0.529. The minimum absolute atomic E-state index is 0.224. The highest BCUT2D eigenvalue weighted by atomic mass is 16.6. The van der Waals surface area contributed by atoms with Crippen molar-refractivity contribution in [3.8, 4) is 0 Å². The van der Waals surface area contributed by atoms with Crippen molar-refractivity contribution in [1.29, 1.82) is 0 Å². The average Bonchev–Trinajstić information content (AvgIpc) is 3.22. The first kappa shape index (κ1) is 17.1. The van der Waals surface area contributed by atoms with E-state index in [0.29, 0.717) is 6.54 Å². The number of amides is 2. The van der Waals surface area contributed by atoms with Gasteiger partial charge in [0, 0.05) is 6.54 Å². The lowest BCUT2D eigenvalue weighted by Gasteiger charge is -2.22. The molecule has 0 saturated heterocycles. The van der Waals surface area contributed by atoms with Gasteiger partial charge in [0.05, 0.1) is 5.54 Å². The maximum absolute atomic E-state index is 11.9. The van der Waals surface area contributed by atoms with Crippen molar-refractivity contribution in [3.05, 3.63) is 35.9 Å². The Morgan fingerprint density at radius 3 is 2.35 bits per heavy atom. The average molecular weight is 320 g/mol. The third kappa shape index (κ3) is 6.18. The van der Waals surface area contributed by atoms with E-state index in [1.54, 1.807) is 20.8 Å². The fourth-order valence-electron chi connectivity index (χ4n) is 2.03. The predicted molar refractivity (Wildman–Crippen MR) is 86.0 cm³/mol. The summed E-state index contributed by atoms with van der Waals surface area (Å²) in [6, 6.07) is 9.48. The van der Waals surface area contributed by atoms with Crippen LogP contribution in [0.1, 0.15) is 39.2 Å². The third-order valence-corrected chi connectivity index (χ3v) is 3.40. The van der Waals surface area contributed by atoms with Crippen LogP contribution in [0.4, 0.5) is 9.59 Å². The number of alkyl carbamates (subject to hydrolysis) is 2. The van der Waals surface area contributed by atoms with Crippen LogP contribution in [0, 0.1) is 0 Å². The van der Waals surface area contributed by atoms with E-state index in [0.717, 1.165) is 18.4 Å². The van der Waals surface area contributed by atoms with E-state index in [4.69, 9.17) is 9.47 Å². The van der Waals surface area contributed by atoms with Crippen LogP contribution in [0.25, 0.3) is 0 Å². The molecular formula is C17H24N2O4. The summed E-state index contributed by atoms with van der Waals surface area (Å²) in [5, 5.41) is 5.51. The van der Waals surface area contributed by atoms with E-state index < -0.39 is 23.3 Å². The van der Waals surface area contributed by atoms with Gasteiger partial charge >= 0.3 is 12.2 Å². The van der Waals surface area contributed by atoms with Gasteiger partial charge in [0.15, 0.2) is 0 Å². The Bertz CT molecular complexity index is 547. The number of carbonyl (C=O) groups excluding carboxylic acids is 2. The number of hydrogen-bond donors (Lipinski definition) is 2. The minimum atomic E-state index is -0.539. The molecular weight excluding hydrogens is 296 g/mol. The maximum Gasteiger partial charge on any atom is 0.407 e. The standard InChI is InChI=1S/C17H24N2O4/c1-16(2,3)23-14(20)18-12-17(9-10-17)19-15(21)22-11-13-7-5-4-6-8-13/h4-8H,9-12H2,1-3H3,(H,18,20)(H,19,21). The number of benzene rings is 1. The molecule has 1 saturated carbocycles. The molecule has 6 heteroatoms. The molecule has 0 bridgehead atoms. The van der Waals surface area contributed by atoms with Crippen molar-refractivity contribution in [1.82, 2.24) is 10.6 Å². The lowest BCUT2D eigenvalue weighted by atomic mass is 10.2. The lowest BCUT2D eigenvalue weighted by Crippen LogP contribution is -2.46. The van der Waals surface area contributed by atoms with Gasteiger partial charge in [0.25, 0.3) is 0 Å². The summed E-state index contributed by atoms with van der Waals surface area (Å²) >= 11 is 0. The Balaban J connectivity index is 1.71. The van der Waals surface area contributed by atoms with Gasteiger partial charge in [-0.05, 0) is 39.2 Å². The molecule has 2 amide bonds. The number of hydrogen-bond acceptors (Lipinski definition) is 4. The molecule has 0 aromatic heterocycles. The van der Waals surface area contributed by atoms with Crippen LogP contribution in [0.15, 0.2) is 30.3 Å². The second-order valence-corrected chi connectivity index (χ2v) is 6.82. The zero-order chi connectivity index (χ0) is 16.9. The summed E-state index contributed by atoms with van der Waals surface area (Å²) in [5.74, 6) is 0. The quantitative estimate of drug-likeness (QED) is 0.874. The summed E-state index contributed by atoms with van der Waals surface area (Å²) < 4.78 is 10.4. The second-order valence-electron chi connectivity index (χ2n) is 6.82. The summed E-state index contributed by atoms with van der Waals surface area (Å²) in [5.41, 5.74) is -0.0209. The van der Waals surface area contributed by atoms with Gasteiger partial charge in [-0.25, -0.2) is 9.59 Å². The summed E-state index contributed by atoms with van der Waals surface area (Å²) in [6.07, 6.45) is 0.660. The highest BCUT2D eigenvalue weighted by Gasteiger charge is 2.45. The van der Waals surface area contributed by atoms with Crippen LogP contribution in [-0.2, 0) is 16.1 Å². The molecule has 0 spiro atoms. The van der Waals surface area contributed by atoms with Crippen LogP contribution in [0.5, 0.6) is 0 Å². The Labute approximate surface area is 136 Å². The van der Waals surface area contributed by atoms with E-state index in [1.165, 1.54) is 0 Å². The normalized spacial score (nSPS) is 15.4. The molecule has 1 fully saturated rings. The first-order chi connectivity index (χ1) is 10.8. The third-order valence-electron chi connectivity index (χ3n) is 3.40. The Hall–Kier alpha value is -2.24. The van der Waals surface area contributed by atoms with E-state index in [9.17, 15) is 9.59 Å². The van der Waals surface area contributed by atoms with Crippen LogP contribution in [0.3, 0.4) is 0 Å². The number of rotatable bonds is 5. The zero-order valence-corrected chi connectivity index (χ0v) is 13.8. The predicted octanol–water partition coefficient (Wildman–Crippen LogP) is 2.97. The van der Waals surface area contributed by atoms with Crippen molar-refractivity contribution in [2.45, 2.75) is 51.4 Å². The monoisotopic (exact) mass is 320 g/mol. The zero-order valence-electron chi connectivity index (χ0n) is 13.8. The Morgan fingerprint density at radius 2 is 1.78 bits per heavy atom. The molecule has 1 aromatic carbocycles. The van der Waals surface area contributed by atoms with Gasteiger partial charge in [0.2, 0.25) is 0 Å². The molecule has 23 heavy (non-hydrogen) atoms. The summed E-state index contributed by atoms with van der Waals surface area (Å²) in [4.78, 5) is 23.5. The van der Waals surface area contributed by atoms with Gasteiger partial charge in [-0.3, -0.25) is 0 Å². The van der Waals surface area contributed by atoms with Crippen LogP contribution in [-0.4, -0.2) is 29.9 Å². The van der Waals surface area contributed by atoms with E-state index in [-0.39, 0.29) is 6.61 Å². The SMILES string of the molecule is CC(C)(C)OC(=O)NCC1(NC(=O)OCc2ccccc2)CC1. The van der Waals surface area contributed by atoms with Gasteiger partial charge in [-0.1, -0.05) is 30.3 Å². The first-order valence-electron chi connectivity index (χ1n) is 7.74. The first-order valence-corrected chi connectivity index (χ1v) is 7.74. The second kappa shape index (κ2) is 6.89. The number of nitrogens with one attached hydrogen (secondary N) is 2. The Kier molecular flexibility index (Phi) is 5.13. The van der Waals surface area contributed by atoms with Crippen molar-refractivity contribution in [2.24, 2.45) is 0 Å². The van der Waals surface area contributed by atoms with Crippen LogP contribution >= 0.6 is 0 Å². The van der Waals surface area contributed by atoms with Gasteiger partial charge in [-0.15, -0.1) is 0 Å². The molecule has 1 aliphatic carbocycles. The van der Waals surface area contributed by atoms with Gasteiger partial charge in [-0.2, -0.15) is 0 Å². The molecule has 0 unspecified atom stereocenters. The molecule has 0 heterocycles.